The number of H-pyrrole nitrogens is 2. The molecule has 1 unspecified atom stereocenters. The van der Waals surface area contributed by atoms with E-state index in [0.29, 0.717) is 28.7 Å². The smallest absolute Gasteiger partial charge is 0.270 e. The van der Waals surface area contributed by atoms with E-state index in [4.69, 9.17) is 6.57 Å². The second-order valence-electron chi connectivity index (χ2n) is 7.90. The third kappa shape index (κ3) is 3.25. The maximum atomic E-state index is 14.1. The Balaban J connectivity index is 1.62. The lowest BCUT2D eigenvalue weighted by molar-refractivity contribution is 0.0718. The number of rotatable bonds is 2. The summed E-state index contributed by atoms with van der Waals surface area (Å²) in [5, 5.41) is 3.75. The van der Waals surface area contributed by atoms with Gasteiger partial charge in [-0.15, -0.1) is 0 Å². The molecule has 0 radical (unpaired) electrons. The predicted molar refractivity (Wildman–Crippen MR) is 116 cm³/mol. The second kappa shape index (κ2) is 7.50. The van der Waals surface area contributed by atoms with E-state index in [-0.39, 0.29) is 28.7 Å². The van der Waals surface area contributed by atoms with Crippen LogP contribution in [-0.4, -0.2) is 34.4 Å². The standard InChI is InChI=1S/C23H16F3N5O2/c1-27-16-3-10(24)4-17-13(16)7-18(29-17)23(33)31(2)20-9-28-8-19-21(20)11-5-14(25)15(26)6-12(11)22(32)30-19/h3-7,20,28-29H,8-9H2,2H3,(H,30,32). The third-order valence-electron chi connectivity index (χ3n) is 5.98. The first kappa shape index (κ1) is 20.8. The molecule has 0 bridgehead atoms. The number of benzene rings is 2. The van der Waals surface area contributed by atoms with Crippen molar-refractivity contribution in [2.45, 2.75) is 12.6 Å². The number of pyridine rings is 1. The Morgan fingerprint density at radius 2 is 1.79 bits per heavy atom. The molecule has 1 atom stereocenters. The molecule has 10 heteroatoms. The van der Waals surface area contributed by atoms with Crippen LogP contribution in [0, 0.1) is 24.0 Å². The molecule has 1 aliphatic heterocycles. The minimum Gasteiger partial charge on any atom is -0.352 e. The molecule has 3 N–H and O–H groups in total. The first-order chi connectivity index (χ1) is 15.8. The molecule has 166 valence electrons. The lowest BCUT2D eigenvalue weighted by Gasteiger charge is -2.34. The highest BCUT2D eigenvalue weighted by Gasteiger charge is 2.31. The molecular weight excluding hydrogens is 435 g/mol. The molecule has 1 aliphatic rings. The number of halogens is 3. The number of fused-ring (bicyclic) bond motifs is 4. The molecule has 7 nitrogen and oxygen atoms in total. The zero-order chi connectivity index (χ0) is 23.4. The number of nitrogens with zero attached hydrogens (tertiary/aromatic N) is 2. The van der Waals surface area contributed by atoms with Crippen molar-refractivity contribution in [3.05, 3.63) is 86.5 Å². The fourth-order valence-corrected chi connectivity index (χ4v) is 4.40. The van der Waals surface area contributed by atoms with Crippen LogP contribution in [0.4, 0.5) is 18.9 Å². The van der Waals surface area contributed by atoms with Crippen molar-refractivity contribution in [1.82, 2.24) is 20.2 Å². The zero-order valence-corrected chi connectivity index (χ0v) is 17.2. The predicted octanol–water partition coefficient (Wildman–Crippen LogP) is 3.89. The maximum Gasteiger partial charge on any atom is 0.270 e. The Hall–Kier alpha value is -4.10. The molecule has 0 saturated heterocycles. The van der Waals surface area contributed by atoms with E-state index in [9.17, 15) is 22.8 Å². The van der Waals surface area contributed by atoms with Crippen LogP contribution in [0.25, 0.3) is 26.5 Å². The van der Waals surface area contributed by atoms with E-state index in [1.165, 1.54) is 17.0 Å². The normalized spacial score (nSPS) is 15.4. The lowest BCUT2D eigenvalue weighted by Crippen LogP contribution is -2.42. The van der Waals surface area contributed by atoms with E-state index in [1.807, 2.05) is 0 Å². The van der Waals surface area contributed by atoms with Crippen LogP contribution < -0.4 is 10.9 Å². The topological polar surface area (TPSA) is 85.3 Å². The van der Waals surface area contributed by atoms with Gasteiger partial charge in [-0.2, -0.15) is 0 Å². The van der Waals surface area contributed by atoms with Gasteiger partial charge >= 0.3 is 0 Å². The van der Waals surface area contributed by atoms with Crippen LogP contribution in [-0.2, 0) is 6.54 Å². The van der Waals surface area contributed by atoms with Crippen molar-refractivity contribution in [3.8, 4) is 0 Å². The highest BCUT2D eigenvalue weighted by Crippen LogP contribution is 2.34. The van der Waals surface area contributed by atoms with Crippen molar-refractivity contribution in [2.75, 3.05) is 13.6 Å². The number of nitrogens with one attached hydrogen (secondary N) is 3. The van der Waals surface area contributed by atoms with Gasteiger partial charge in [0.2, 0.25) is 0 Å². The summed E-state index contributed by atoms with van der Waals surface area (Å²) >= 11 is 0. The quantitative estimate of drug-likeness (QED) is 0.404. The van der Waals surface area contributed by atoms with E-state index >= 15 is 0 Å². The van der Waals surface area contributed by atoms with Gasteiger partial charge in [-0.25, -0.2) is 18.0 Å². The molecule has 3 heterocycles. The summed E-state index contributed by atoms with van der Waals surface area (Å²) in [6.45, 7) is 7.84. The van der Waals surface area contributed by atoms with Crippen molar-refractivity contribution < 1.29 is 18.0 Å². The summed E-state index contributed by atoms with van der Waals surface area (Å²) in [7, 11) is 1.54. The molecule has 1 amide bonds. The van der Waals surface area contributed by atoms with Crippen LogP contribution in [0.3, 0.4) is 0 Å². The van der Waals surface area contributed by atoms with Gasteiger partial charge < -0.3 is 20.2 Å². The van der Waals surface area contributed by atoms with Gasteiger partial charge in [0, 0.05) is 42.3 Å². The highest BCUT2D eigenvalue weighted by molar-refractivity contribution is 6.02. The summed E-state index contributed by atoms with van der Waals surface area (Å²) in [5.41, 5.74) is 0.968. The number of aromatic amines is 2. The Morgan fingerprint density at radius 3 is 2.52 bits per heavy atom. The first-order valence-electron chi connectivity index (χ1n) is 10.00. The number of carbonyl (C=O) groups excluding carboxylic acids is 1. The molecule has 0 aliphatic carbocycles. The molecule has 4 aromatic rings. The average molecular weight is 451 g/mol. The highest BCUT2D eigenvalue weighted by atomic mass is 19.2. The molecule has 2 aromatic carbocycles. The Kier molecular flexibility index (Phi) is 4.72. The van der Waals surface area contributed by atoms with E-state index < -0.39 is 35.0 Å². The first-order valence-corrected chi connectivity index (χ1v) is 10.00. The largest absolute Gasteiger partial charge is 0.352 e. The summed E-state index contributed by atoms with van der Waals surface area (Å²) in [5.74, 6) is -3.28. The summed E-state index contributed by atoms with van der Waals surface area (Å²) in [6, 6.07) is 4.99. The number of amides is 1. The number of hydrogen-bond donors (Lipinski definition) is 3. The van der Waals surface area contributed by atoms with Crippen molar-refractivity contribution in [3.63, 3.8) is 0 Å². The lowest BCUT2D eigenvalue weighted by atomic mass is 9.93. The molecule has 0 saturated carbocycles. The van der Waals surface area contributed by atoms with E-state index in [2.05, 4.69) is 20.1 Å². The molecule has 33 heavy (non-hydrogen) atoms. The zero-order valence-electron chi connectivity index (χ0n) is 17.2. The SMILES string of the molecule is [C-]#[N+]c1cc(F)cc2[nH]c(C(=O)N(C)C3CNCc4[nH]c(=O)c5cc(F)c(F)cc5c43)cc12. The van der Waals surface area contributed by atoms with Crippen LogP contribution >= 0.6 is 0 Å². The summed E-state index contributed by atoms with van der Waals surface area (Å²) in [6.07, 6.45) is 0. The van der Waals surface area contributed by atoms with Gasteiger partial charge in [0.1, 0.15) is 11.5 Å². The number of aromatic nitrogens is 2. The van der Waals surface area contributed by atoms with Crippen LogP contribution in [0.5, 0.6) is 0 Å². The van der Waals surface area contributed by atoms with Gasteiger partial charge in [-0.3, -0.25) is 9.59 Å². The van der Waals surface area contributed by atoms with Crippen LogP contribution in [0.15, 0.2) is 35.1 Å². The number of hydrogen-bond acceptors (Lipinski definition) is 3. The van der Waals surface area contributed by atoms with Gasteiger partial charge in [0.25, 0.3) is 11.5 Å². The molecule has 0 spiro atoms. The fourth-order valence-electron chi connectivity index (χ4n) is 4.40. The fraction of sp³-hybridized carbons (Fsp3) is 0.174. The Morgan fingerprint density at radius 1 is 1.06 bits per heavy atom. The van der Waals surface area contributed by atoms with Gasteiger partial charge in [0.15, 0.2) is 17.3 Å². The number of carbonyl (C=O) groups is 1. The monoisotopic (exact) mass is 451 g/mol. The molecule has 0 fully saturated rings. The number of likely N-dealkylation sites (N-methyl/N-ethyl adjacent to an activating group) is 1. The van der Waals surface area contributed by atoms with Gasteiger partial charge in [-0.05, 0) is 35.7 Å². The van der Waals surface area contributed by atoms with E-state index in [0.717, 1.165) is 18.2 Å². The maximum absolute atomic E-state index is 14.1. The Bertz CT molecular complexity index is 1570. The summed E-state index contributed by atoms with van der Waals surface area (Å²) in [4.78, 5) is 36.0. The van der Waals surface area contributed by atoms with Gasteiger partial charge in [0.05, 0.1) is 18.0 Å². The second-order valence-corrected chi connectivity index (χ2v) is 7.90. The van der Waals surface area contributed by atoms with Crippen LogP contribution in [0.2, 0.25) is 0 Å². The Labute approximate surface area is 184 Å². The minimum atomic E-state index is -1.14. The third-order valence-corrected chi connectivity index (χ3v) is 5.98. The average Bonchev–Trinajstić information content (AvgIpc) is 3.22. The van der Waals surface area contributed by atoms with Crippen molar-refractivity contribution in [1.29, 1.82) is 0 Å². The van der Waals surface area contributed by atoms with Gasteiger partial charge in [-0.1, -0.05) is 0 Å². The van der Waals surface area contributed by atoms with Crippen molar-refractivity contribution >= 4 is 33.3 Å². The van der Waals surface area contributed by atoms with E-state index in [1.54, 1.807) is 7.05 Å². The van der Waals surface area contributed by atoms with Crippen molar-refractivity contribution in [2.24, 2.45) is 0 Å². The molecule has 2 aromatic heterocycles. The molecular formula is C23H16F3N5O2. The summed E-state index contributed by atoms with van der Waals surface area (Å²) < 4.78 is 41.7. The van der Waals surface area contributed by atoms with Crippen LogP contribution in [0.1, 0.15) is 27.8 Å². The molecule has 5 rings (SSSR count). The minimum absolute atomic E-state index is 0.0109.